The highest BCUT2D eigenvalue weighted by Gasteiger charge is 2.49. The van der Waals surface area contributed by atoms with Crippen LogP contribution in [0, 0.1) is 5.41 Å². The molecule has 1 fully saturated rings. The standard InChI is InChI=1S/C15H20O2/c1-10(2)11-5-7-12(8-6-11)17-14-9-13(16)15(14,3)4/h5-8,10,14H,9H2,1-4H3. The van der Waals surface area contributed by atoms with E-state index < -0.39 is 0 Å². The Morgan fingerprint density at radius 3 is 2.24 bits per heavy atom. The van der Waals surface area contributed by atoms with Crippen LogP contribution in [-0.2, 0) is 4.79 Å². The first kappa shape index (κ1) is 12.2. The number of Topliss-reactive ketones (excluding diaryl/α,β-unsaturated/α-hetero) is 1. The van der Waals surface area contributed by atoms with Gasteiger partial charge in [-0.2, -0.15) is 0 Å². The van der Waals surface area contributed by atoms with E-state index in [1.54, 1.807) is 0 Å². The van der Waals surface area contributed by atoms with Crippen LogP contribution in [0.2, 0.25) is 0 Å². The molecule has 1 aromatic rings. The minimum atomic E-state index is -0.323. The summed E-state index contributed by atoms with van der Waals surface area (Å²) in [6.45, 7) is 8.24. The van der Waals surface area contributed by atoms with Crippen molar-refractivity contribution in [2.24, 2.45) is 5.41 Å². The van der Waals surface area contributed by atoms with Gasteiger partial charge in [0.05, 0.1) is 5.41 Å². The fourth-order valence-electron chi connectivity index (χ4n) is 2.02. The third kappa shape index (κ3) is 2.21. The van der Waals surface area contributed by atoms with Gasteiger partial charge in [0.2, 0.25) is 0 Å². The highest BCUT2D eigenvalue weighted by Crippen LogP contribution is 2.39. The molecule has 2 heteroatoms. The van der Waals surface area contributed by atoms with Crippen LogP contribution in [0.5, 0.6) is 5.75 Å². The van der Waals surface area contributed by atoms with Gasteiger partial charge in [0.25, 0.3) is 0 Å². The first-order valence-electron chi connectivity index (χ1n) is 6.21. The summed E-state index contributed by atoms with van der Waals surface area (Å²) in [5.41, 5.74) is 0.984. The van der Waals surface area contributed by atoms with Gasteiger partial charge in [-0.3, -0.25) is 4.79 Å². The lowest BCUT2D eigenvalue weighted by molar-refractivity contribution is -0.148. The normalized spacial score (nSPS) is 22.4. The maximum absolute atomic E-state index is 11.4. The van der Waals surface area contributed by atoms with Crippen molar-refractivity contribution in [3.8, 4) is 5.75 Å². The Hall–Kier alpha value is -1.31. The molecule has 2 nitrogen and oxygen atoms in total. The van der Waals surface area contributed by atoms with Gasteiger partial charge in [0.1, 0.15) is 17.6 Å². The second kappa shape index (κ2) is 4.17. The molecular formula is C15H20O2. The van der Waals surface area contributed by atoms with E-state index in [1.165, 1.54) is 5.56 Å². The van der Waals surface area contributed by atoms with Gasteiger partial charge in [-0.15, -0.1) is 0 Å². The molecule has 0 aromatic heterocycles. The number of ether oxygens (including phenoxy) is 1. The Bertz CT molecular complexity index is 415. The van der Waals surface area contributed by atoms with Crippen LogP contribution in [0.15, 0.2) is 24.3 Å². The van der Waals surface area contributed by atoms with Crippen molar-refractivity contribution in [1.82, 2.24) is 0 Å². The number of benzene rings is 1. The predicted molar refractivity (Wildman–Crippen MR) is 68.4 cm³/mol. The van der Waals surface area contributed by atoms with E-state index in [9.17, 15) is 4.79 Å². The lowest BCUT2D eigenvalue weighted by atomic mass is 9.68. The molecule has 1 atom stereocenters. The average molecular weight is 232 g/mol. The third-order valence-electron chi connectivity index (χ3n) is 3.72. The molecule has 0 amide bonds. The van der Waals surface area contributed by atoms with E-state index >= 15 is 0 Å². The van der Waals surface area contributed by atoms with E-state index in [1.807, 2.05) is 26.0 Å². The molecule has 1 saturated carbocycles. The van der Waals surface area contributed by atoms with Crippen molar-refractivity contribution < 1.29 is 9.53 Å². The molecule has 17 heavy (non-hydrogen) atoms. The Labute approximate surface area is 103 Å². The molecule has 1 aromatic carbocycles. The monoisotopic (exact) mass is 232 g/mol. The average Bonchev–Trinajstić information content (AvgIpc) is 2.29. The molecular weight excluding hydrogens is 212 g/mol. The van der Waals surface area contributed by atoms with Crippen molar-refractivity contribution in [3.05, 3.63) is 29.8 Å². The zero-order valence-corrected chi connectivity index (χ0v) is 11.0. The number of carbonyl (C=O) groups excluding carboxylic acids is 1. The Balaban J connectivity index is 2.03. The largest absolute Gasteiger partial charge is 0.489 e. The summed E-state index contributed by atoms with van der Waals surface area (Å²) < 4.78 is 5.85. The van der Waals surface area contributed by atoms with Crippen LogP contribution >= 0.6 is 0 Å². The van der Waals surface area contributed by atoms with Crippen LogP contribution in [-0.4, -0.2) is 11.9 Å². The topological polar surface area (TPSA) is 26.3 Å². The van der Waals surface area contributed by atoms with Gasteiger partial charge >= 0.3 is 0 Å². The number of hydrogen-bond donors (Lipinski definition) is 0. The summed E-state index contributed by atoms with van der Waals surface area (Å²) in [5.74, 6) is 1.69. The highest BCUT2D eigenvalue weighted by atomic mass is 16.5. The molecule has 0 radical (unpaired) electrons. The van der Waals surface area contributed by atoms with Crippen molar-refractivity contribution in [3.63, 3.8) is 0 Å². The van der Waals surface area contributed by atoms with E-state index in [-0.39, 0.29) is 11.5 Å². The zero-order chi connectivity index (χ0) is 12.6. The molecule has 0 heterocycles. The summed E-state index contributed by atoms with van der Waals surface area (Å²) in [4.78, 5) is 11.4. The number of ketones is 1. The van der Waals surface area contributed by atoms with Crippen molar-refractivity contribution in [1.29, 1.82) is 0 Å². The SMILES string of the molecule is CC(C)c1ccc(OC2CC(=O)C2(C)C)cc1. The maximum atomic E-state index is 11.4. The van der Waals surface area contributed by atoms with Crippen molar-refractivity contribution >= 4 is 5.78 Å². The van der Waals surface area contributed by atoms with Crippen LogP contribution in [0.3, 0.4) is 0 Å². The second-order valence-corrected chi connectivity index (χ2v) is 5.68. The Morgan fingerprint density at radius 1 is 1.24 bits per heavy atom. The summed E-state index contributed by atoms with van der Waals surface area (Å²) in [6.07, 6.45) is 0.568. The van der Waals surface area contributed by atoms with Crippen molar-refractivity contribution in [2.75, 3.05) is 0 Å². The quantitative estimate of drug-likeness (QED) is 0.796. The summed E-state index contributed by atoms with van der Waals surface area (Å²) in [5, 5.41) is 0. The lowest BCUT2D eigenvalue weighted by Crippen LogP contribution is -2.52. The zero-order valence-electron chi connectivity index (χ0n) is 11.0. The van der Waals surface area contributed by atoms with Gasteiger partial charge < -0.3 is 4.74 Å². The van der Waals surface area contributed by atoms with E-state index in [0.29, 0.717) is 18.1 Å². The molecule has 1 aliphatic carbocycles. The van der Waals surface area contributed by atoms with Gasteiger partial charge in [0, 0.05) is 6.42 Å². The molecule has 0 bridgehead atoms. The van der Waals surface area contributed by atoms with Gasteiger partial charge in [-0.05, 0) is 37.5 Å². The van der Waals surface area contributed by atoms with Crippen LogP contribution in [0.4, 0.5) is 0 Å². The van der Waals surface area contributed by atoms with Gasteiger partial charge in [-0.1, -0.05) is 26.0 Å². The number of hydrogen-bond acceptors (Lipinski definition) is 2. The first-order chi connectivity index (χ1) is 7.91. The molecule has 0 spiro atoms. The molecule has 0 N–H and O–H groups in total. The maximum Gasteiger partial charge on any atom is 0.145 e. The summed E-state index contributed by atoms with van der Waals surface area (Å²) in [6, 6.07) is 8.17. The van der Waals surface area contributed by atoms with E-state index in [0.717, 1.165) is 5.75 Å². The molecule has 0 saturated heterocycles. The van der Waals surface area contributed by atoms with Crippen LogP contribution < -0.4 is 4.74 Å². The minimum Gasteiger partial charge on any atom is -0.489 e. The highest BCUT2D eigenvalue weighted by molar-refractivity contribution is 5.91. The van der Waals surface area contributed by atoms with Gasteiger partial charge in [-0.25, -0.2) is 0 Å². The summed E-state index contributed by atoms with van der Waals surface area (Å²) in [7, 11) is 0. The van der Waals surface area contributed by atoms with Crippen molar-refractivity contribution in [2.45, 2.75) is 46.1 Å². The predicted octanol–water partition coefficient (Wildman–Crippen LogP) is 3.56. The third-order valence-corrected chi connectivity index (χ3v) is 3.72. The van der Waals surface area contributed by atoms with Crippen LogP contribution in [0.1, 0.15) is 45.6 Å². The number of carbonyl (C=O) groups is 1. The molecule has 1 unspecified atom stereocenters. The van der Waals surface area contributed by atoms with Gasteiger partial charge in [0.15, 0.2) is 0 Å². The fourth-order valence-corrected chi connectivity index (χ4v) is 2.02. The van der Waals surface area contributed by atoms with Crippen LogP contribution in [0.25, 0.3) is 0 Å². The smallest absolute Gasteiger partial charge is 0.145 e. The van der Waals surface area contributed by atoms with E-state index in [2.05, 4.69) is 26.0 Å². The Kier molecular flexibility index (Phi) is 2.98. The minimum absolute atomic E-state index is 0.0277. The fraction of sp³-hybridized carbons (Fsp3) is 0.533. The molecule has 0 aliphatic heterocycles. The molecule has 1 aliphatic rings. The first-order valence-corrected chi connectivity index (χ1v) is 6.21. The Morgan fingerprint density at radius 2 is 1.82 bits per heavy atom. The molecule has 2 rings (SSSR count). The second-order valence-electron chi connectivity index (χ2n) is 5.68. The van der Waals surface area contributed by atoms with E-state index in [4.69, 9.17) is 4.74 Å². The number of rotatable bonds is 3. The lowest BCUT2D eigenvalue weighted by Gasteiger charge is -2.41. The molecule has 92 valence electrons. The summed E-state index contributed by atoms with van der Waals surface area (Å²) >= 11 is 0.